The largest absolute Gasteiger partial charge is 0.486 e. The maximum Gasteiger partial charge on any atom is 0.156 e. The second-order valence-electron chi connectivity index (χ2n) is 4.46. The van der Waals surface area contributed by atoms with Crippen molar-refractivity contribution in [2.75, 3.05) is 6.61 Å². The van der Waals surface area contributed by atoms with Gasteiger partial charge in [0.15, 0.2) is 5.75 Å². The molecule has 112 valence electrons. The first kappa shape index (κ1) is 15.8. The van der Waals surface area contributed by atoms with Gasteiger partial charge in [-0.1, -0.05) is 35.9 Å². The van der Waals surface area contributed by atoms with Gasteiger partial charge in [-0.25, -0.2) is 4.98 Å². The topological polar surface area (TPSA) is 62.8 Å². The van der Waals surface area contributed by atoms with Gasteiger partial charge in [-0.2, -0.15) is 5.10 Å². The van der Waals surface area contributed by atoms with E-state index in [-0.39, 0.29) is 6.04 Å². The Morgan fingerprint density at radius 1 is 1.43 bits per heavy atom. The molecule has 1 heterocycles. The van der Waals surface area contributed by atoms with E-state index in [9.17, 15) is 0 Å². The monoisotopic (exact) mass is 326 g/mol. The number of nitrogens with zero attached hydrogens (tertiary/aromatic N) is 2. The van der Waals surface area contributed by atoms with Crippen LogP contribution in [-0.2, 0) is 6.54 Å². The molecule has 21 heavy (non-hydrogen) atoms. The van der Waals surface area contributed by atoms with Crippen LogP contribution in [0.25, 0.3) is 0 Å². The van der Waals surface area contributed by atoms with Gasteiger partial charge in [-0.3, -0.25) is 5.10 Å². The molecule has 2 rings (SSSR count). The molecule has 0 spiro atoms. The molecule has 0 saturated heterocycles. The molecule has 1 aromatic carbocycles. The first-order valence-electron chi connectivity index (χ1n) is 6.42. The molecule has 1 atom stereocenters. The van der Waals surface area contributed by atoms with Gasteiger partial charge in [0, 0.05) is 6.54 Å². The highest BCUT2D eigenvalue weighted by Gasteiger charge is 2.11. The third-order valence-electron chi connectivity index (χ3n) is 2.86. The van der Waals surface area contributed by atoms with Gasteiger partial charge < -0.3 is 10.1 Å². The van der Waals surface area contributed by atoms with Crippen LogP contribution in [0, 0.1) is 0 Å². The van der Waals surface area contributed by atoms with Crippen molar-refractivity contribution in [3.05, 3.63) is 52.5 Å². The van der Waals surface area contributed by atoms with Crippen LogP contribution in [-0.4, -0.2) is 21.8 Å². The van der Waals surface area contributed by atoms with E-state index in [1.54, 1.807) is 6.08 Å². The Bertz CT molecular complexity index is 578. The average molecular weight is 327 g/mol. The minimum atomic E-state index is 0.0433. The normalized spacial score (nSPS) is 12.1. The summed E-state index contributed by atoms with van der Waals surface area (Å²) in [6.45, 7) is 6.54. The molecule has 0 aliphatic rings. The number of halogens is 2. The number of H-pyrrole nitrogens is 1. The van der Waals surface area contributed by atoms with Gasteiger partial charge in [0.05, 0.1) is 16.1 Å². The number of benzene rings is 1. The van der Waals surface area contributed by atoms with Crippen molar-refractivity contribution in [2.24, 2.45) is 0 Å². The Morgan fingerprint density at radius 2 is 2.14 bits per heavy atom. The number of nitrogens with one attached hydrogen (secondary N) is 2. The van der Waals surface area contributed by atoms with Gasteiger partial charge in [0.25, 0.3) is 0 Å². The molecule has 5 nitrogen and oxygen atoms in total. The van der Waals surface area contributed by atoms with Crippen LogP contribution in [0.1, 0.15) is 24.4 Å². The van der Waals surface area contributed by atoms with Gasteiger partial charge >= 0.3 is 0 Å². The second-order valence-corrected chi connectivity index (χ2v) is 5.28. The highest BCUT2D eigenvalue weighted by atomic mass is 35.5. The summed E-state index contributed by atoms with van der Waals surface area (Å²) >= 11 is 12.4. The van der Waals surface area contributed by atoms with E-state index in [4.69, 9.17) is 27.9 Å². The lowest BCUT2D eigenvalue weighted by atomic mass is 10.2. The SMILES string of the molecule is C=CCOc1c(Cl)cc(CN[C@H](C)c2ncn[nH]2)cc1Cl. The second kappa shape index (κ2) is 7.45. The summed E-state index contributed by atoms with van der Waals surface area (Å²) in [5, 5.41) is 10.9. The molecule has 2 N–H and O–H groups in total. The number of aromatic amines is 1. The highest BCUT2D eigenvalue weighted by Crippen LogP contribution is 2.34. The van der Waals surface area contributed by atoms with Crippen LogP contribution in [0.5, 0.6) is 5.75 Å². The van der Waals surface area contributed by atoms with E-state index in [1.165, 1.54) is 6.33 Å². The van der Waals surface area contributed by atoms with Crippen molar-refractivity contribution < 1.29 is 4.74 Å². The van der Waals surface area contributed by atoms with Crippen molar-refractivity contribution in [1.82, 2.24) is 20.5 Å². The lowest BCUT2D eigenvalue weighted by Crippen LogP contribution is -2.19. The van der Waals surface area contributed by atoms with E-state index >= 15 is 0 Å². The third-order valence-corrected chi connectivity index (χ3v) is 3.42. The zero-order valence-electron chi connectivity index (χ0n) is 11.6. The van der Waals surface area contributed by atoms with Crippen LogP contribution in [0.4, 0.5) is 0 Å². The van der Waals surface area contributed by atoms with Crippen LogP contribution in [0.2, 0.25) is 10.0 Å². The van der Waals surface area contributed by atoms with Crippen LogP contribution >= 0.6 is 23.2 Å². The summed E-state index contributed by atoms with van der Waals surface area (Å²) in [6, 6.07) is 3.69. The summed E-state index contributed by atoms with van der Waals surface area (Å²) < 4.78 is 5.43. The molecular formula is C14H16Cl2N4O. The number of aromatic nitrogens is 3. The van der Waals surface area contributed by atoms with Crippen molar-refractivity contribution in [3.8, 4) is 5.75 Å². The Morgan fingerprint density at radius 3 is 2.71 bits per heavy atom. The Hall–Kier alpha value is -1.56. The first-order chi connectivity index (χ1) is 10.1. The van der Waals surface area contributed by atoms with Gasteiger partial charge in [0.2, 0.25) is 0 Å². The molecule has 1 aromatic heterocycles. The molecule has 0 aliphatic heterocycles. The maximum atomic E-state index is 6.19. The van der Waals surface area contributed by atoms with Crippen molar-refractivity contribution in [2.45, 2.75) is 19.5 Å². The predicted molar refractivity (Wildman–Crippen MR) is 83.8 cm³/mol. The van der Waals surface area contributed by atoms with Crippen molar-refractivity contribution in [1.29, 1.82) is 0 Å². The molecule has 0 fully saturated rings. The molecular weight excluding hydrogens is 311 g/mol. The highest BCUT2D eigenvalue weighted by molar-refractivity contribution is 6.37. The molecule has 0 saturated carbocycles. The van der Waals surface area contributed by atoms with Crippen LogP contribution < -0.4 is 10.1 Å². The maximum absolute atomic E-state index is 6.19. The fraction of sp³-hybridized carbons (Fsp3) is 0.286. The summed E-state index contributed by atoms with van der Waals surface area (Å²) in [5.74, 6) is 1.25. The summed E-state index contributed by atoms with van der Waals surface area (Å²) in [7, 11) is 0. The van der Waals surface area contributed by atoms with E-state index < -0.39 is 0 Å². The van der Waals surface area contributed by atoms with E-state index in [0.29, 0.717) is 28.9 Å². The summed E-state index contributed by atoms with van der Waals surface area (Å²) in [5.41, 5.74) is 0.960. The third kappa shape index (κ3) is 4.20. The Balaban J connectivity index is 2.02. The molecule has 0 radical (unpaired) electrons. The molecule has 0 unspecified atom stereocenters. The molecule has 0 bridgehead atoms. The molecule has 0 amide bonds. The fourth-order valence-corrected chi connectivity index (χ4v) is 2.43. The Kier molecular flexibility index (Phi) is 5.61. The van der Waals surface area contributed by atoms with E-state index in [0.717, 1.165) is 11.4 Å². The molecule has 2 aromatic rings. The standard InChI is InChI=1S/C14H16Cl2N4O/c1-3-4-21-13-11(15)5-10(6-12(13)16)7-17-9(2)14-18-8-19-20-14/h3,5-6,8-9,17H,1,4,7H2,2H3,(H,18,19,20)/t9-/m1/s1. The first-order valence-corrected chi connectivity index (χ1v) is 7.17. The quantitative estimate of drug-likeness (QED) is 0.764. The lowest BCUT2D eigenvalue weighted by Gasteiger charge is -2.13. The van der Waals surface area contributed by atoms with E-state index in [2.05, 4.69) is 27.1 Å². The smallest absolute Gasteiger partial charge is 0.156 e. The lowest BCUT2D eigenvalue weighted by molar-refractivity contribution is 0.363. The number of hydrogen-bond donors (Lipinski definition) is 2. The van der Waals surface area contributed by atoms with Gasteiger partial charge in [0.1, 0.15) is 18.8 Å². The summed E-state index contributed by atoms with van der Waals surface area (Å²) in [6.07, 6.45) is 3.12. The minimum absolute atomic E-state index is 0.0433. The van der Waals surface area contributed by atoms with Gasteiger partial charge in [-0.05, 0) is 24.6 Å². The van der Waals surface area contributed by atoms with Gasteiger partial charge in [-0.15, -0.1) is 0 Å². The number of ether oxygens (including phenoxy) is 1. The van der Waals surface area contributed by atoms with Crippen molar-refractivity contribution >= 4 is 23.2 Å². The van der Waals surface area contributed by atoms with E-state index in [1.807, 2.05) is 19.1 Å². The number of rotatable bonds is 7. The Labute approximate surface area is 133 Å². The minimum Gasteiger partial charge on any atom is -0.486 e. The van der Waals surface area contributed by atoms with Crippen LogP contribution in [0.3, 0.4) is 0 Å². The zero-order chi connectivity index (χ0) is 15.2. The molecule has 0 aliphatic carbocycles. The zero-order valence-corrected chi connectivity index (χ0v) is 13.1. The summed E-state index contributed by atoms with van der Waals surface area (Å²) in [4.78, 5) is 4.10. The average Bonchev–Trinajstić information content (AvgIpc) is 2.98. The van der Waals surface area contributed by atoms with Crippen LogP contribution in [0.15, 0.2) is 31.1 Å². The van der Waals surface area contributed by atoms with Crippen molar-refractivity contribution in [3.63, 3.8) is 0 Å². The number of hydrogen-bond acceptors (Lipinski definition) is 4. The fourth-order valence-electron chi connectivity index (χ4n) is 1.79. The predicted octanol–water partition coefficient (Wildman–Crippen LogP) is 3.53. The molecule has 7 heteroatoms.